The van der Waals surface area contributed by atoms with Gasteiger partial charge >= 0.3 is 5.97 Å². The van der Waals surface area contributed by atoms with Gasteiger partial charge in [-0.15, -0.1) is 0 Å². The number of aromatic nitrogens is 2. The number of halogens is 1. The maximum Gasteiger partial charge on any atom is 0.337 e. The quantitative estimate of drug-likeness (QED) is 0.834. The average Bonchev–Trinajstić information content (AvgIpc) is 2.64. The highest BCUT2D eigenvalue weighted by Crippen LogP contribution is 2.27. The van der Waals surface area contributed by atoms with Crippen molar-refractivity contribution in [2.45, 2.75) is 19.8 Å². The average molecular weight is 361 g/mol. The summed E-state index contributed by atoms with van der Waals surface area (Å²) < 4.78 is 4.75. The van der Waals surface area contributed by atoms with Crippen molar-refractivity contribution in [2.75, 3.05) is 30.4 Å². The predicted octanol–water partition coefficient (Wildman–Crippen LogP) is 3.90. The Labute approximate surface area is 152 Å². The maximum atomic E-state index is 11.7. The van der Waals surface area contributed by atoms with Crippen LogP contribution in [0.2, 0.25) is 5.02 Å². The number of nitrogens with zero attached hydrogens (tertiary/aromatic N) is 3. The van der Waals surface area contributed by atoms with Gasteiger partial charge in [0.25, 0.3) is 0 Å². The van der Waals surface area contributed by atoms with Crippen molar-refractivity contribution >= 4 is 35.0 Å². The summed E-state index contributed by atoms with van der Waals surface area (Å²) in [5.41, 5.74) is 1.02. The molecule has 0 atom stereocenters. The Balaban J connectivity index is 1.79. The fourth-order valence-electron chi connectivity index (χ4n) is 2.78. The fraction of sp³-hybridized carbons (Fsp3) is 0.389. The number of piperidine rings is 1. The van der Waals surface area contributed by atoms with Gasteiger partial charge in [0.05, 0.1) is 23.4 Å². The van der Waals surface area contributed by atoms with Gasteiger partial charge in [-0.2, -0.15) is 4.98 Å². The highest BCUT2D eigenvalue weighted by Gasteiger charge is 2.18. The van der Waals surface area contributed by atoms with Crippen LogP contribution >= 0.6 is 11.6 Å². The van der Waals surface area contributed by atoms with Crippen LogP contribution in [0.3, 0.4) is 0 Å². The Morgan fingerprint density at radius 3 is 2.80 bits per heavy atom. The summed E-state index contributed by atoms with van der Waals surface area (Å²) >= 11 is 6.23. The number of esters is 1. The lowest BCUT2D eigenvalue weighted by Crippen LogP contribution is -2.34. The molecule has 0 aliphatic carbocycles. The van der Waals surface area contributed by atoms with Crippen LogP contribution in [-0.2, 0) is 4.74 Å². The highest BCUT2D eigenvalue weighted by molar-refractivity contribution is 6.33. The second kappa shape index (κ2) is 7.70. The molecule has 0 bridgehead atoms. The lowest BCUT2D eigenvalue weighted by molar-refractivity contribution is 0.0601. The molecule has 1 aliphatic rings. The molecule has 0 spiro atoms. The Bertz CT molecular complexity index is 760. The third kappa shape index (κ3) is 4.20. The van der Waals surface area contributed by atoms with E-state index in [9.17, 15) is 4.79 Å². The normalized spacial score (nSPS) is 15.1. The van der Waals surface area contributed by atoms with E-state index in [2.05, 4.69) is 27.1 Å². The number of carbonyl (C=O) groups excluding carboxylic acids is 1. The summed E-state index contributed by atoms with van der Waals surface area (Å²) in [6.07, 6.45) is 4.02. The molecule has 0 saturated carbocycles. The molecular formula is C18H21ClN4O2. The number of carbonyl (C=O) groups is 1. The molecule has 0 radical (unpaired) electrons. The lowest BCUT2D eigenvalue weighted by Gasteiger charge is -2.30. The molecule has 25 heavy (non-hydrogen) atoms. The van der Waals surface area contributed by atoms with Crippen LogP contribution in [0, 0.1) is 5.92 Å². The molecule has 7 heteroatoms. The molecule has 1 fully saturated rings. The number of methoxy groups -OCH3 is 1. The minimum absolute atomic E-state index is 0.412. The van der Waals surface area contributed by atoms with E-state index in [0.717, 1.165) is 31.8 Å². The van der Waals surface area contributed by atoms with Crippen LogP contribution in [0.25, 0.3) is 0 Å². The summed E-state index contributed by atoms with van der Waals surface area (Å²) in [5.74, 6) is 1.67. The van der Waals surface area contributed by atoms with Crippen molar-refractivity contribution < 1.29 is 9.53 Å². The molecule has 1 N–H and O–H groups in total. The summed E-state index contributed by atoms with van der Waals surface area (Å²) in [6, 6.07) is 6.71. The maximum absolute atomic E-state index is 11.7. The van der Waals surface area contributed by atoms with E-state index >= 15 is 0 Å². The van der Waals surface area contributed by atoms with E-state index in [1.165, 1.54) is 7.11 Å². The molecule has 2 heterocycles. The van der Waals surface area contributed by atoms with E-state index < -0.39 is 5.97 Å². The molecule has 1 aliphatic heterocycles. The molecule has 0 unspecified atom stereocenters. The first-order valence-electron chi connectivity index (χ1n) is 8.29. The number of hydrogen-bond donors (Lipinski definition) is 1. The SMILES string of the molecule is COC(=O)c1ccc(Cl)c(Nc2ccnc(N3CCC(C)CC3)n2)c1. The first-order valence-corrected chi connectivity index (χ1v) is 8.67. The van der Waals surface area contributed by atoms with Gasteiger partial charge in [-0.05, 0) is 43.0 Å². The molecule has 3 rings (SSSR count). The van der Waals surface area contributed by atoms with E-state index in [0.29, 0.717) is 28.0 Å². The summed E-state index contributed by atoms with van der Waals surface area (Å²) in [4.78, 5) is 22.8. The Morgan fingerprint density at radius 2 is 2.08 bits per heavy atom. The van der Waals surface area contributed by atoms with E-state index in [1.54, 1.807) is 30.5 Å². The second-order valence-corrected chi connectivity index (χ2v) is 6.63. The lowest BCUT2D eigenvalue weighted by atomic mass is 10.00. The van der Waals surface area contributed by atoms with Crippen molar-refractivity contribution in [1.82, 2.24) is 9.97 Å². The van der Waals surface area contributed by atoms with Crippen molar-refractivity contribution in [3.05, 3.63) is 41.0 Å². The van der Waals surface area contributed by atoms with Crippen LogP contribution in [0.15, 0.2) is 30.5 Å². The topological polar surface area (TPSA) is 67.3 Å². The van der Waals surface area contributed by atoms with Crippen LogP contribution in [0.4, 0.5) is 17.5 Å². The largest absolute Gasteiger partial charge is 0.465 e. The van der Waals surface area contributed by atoms with Gasteiger partial charge in [-0.1, -0.05) is 18.5 Å². The molecule has 1 saturated heterocycles. The zero-order chi connectivity index (χ0) is 17.8. The van der Waals surface area contributed by atoms with Crippen molar-refractivity contribution in [2.24, 2.45) is 5.92 Å². The fourth-order valence-corrected chi connectivity index (χ4v) is 2.95. The first kappa shape index (κ1) is 17.5. The molecule has 1 aromatic carbocycles. The molecule has 132 valence electrons. The van der Waals surface area contributed by atoms with Crippen LogP contribution in [0.1, 0.15) is 30.1 Å². The van der Waals surface area contributed by atoms with Gasteiger partial charge in [0.2, 0.25) is 5.95 Å². The number of nitrogens with one attached hydrogen (secondary N) is 1. The first-order chi connectivity index (χ1) is 12.1. The predicted molar refractivity (Wildman–Crippen MR) is 98.7 cm³/mol. The third-order valence-electron chi connectivity index (χ3n) is 4.36. The molecule has 0 amide bonds. The van der Waals surface area contributed by atoms with Gasteiger partial charge in [0.15, 0.2) is 0 Å². The summed E-state index contributed by atoms with van der Waals surface area (Å²) in [6.45, 7) is 4.19. The number of hydrogen-bond acceptors (Lipinski definition) is 6. The number of anilines is 3. The highest BCUT2D eigenvalue weighted by atomic mass is 35.5. The van der Waals surface area contributed by atoms with Gasteiger partial charge in [-0.25, -0.2) is 9.78 Å². The van der Waals surface area contributed by atoms with Crippen molar-refractivity contribution in [3.63, 3.8) is 0 Å². The zero-order valence-electron chi connectivity index (χ0n) is 14.3. The van der Waals surface area contributed by atoms with E-state index in [-0.39, 0.29) is 0 Å². The minimum Gasteiger partial charge on any atom is -0.465 e. The zero-order valence-corrected chi connectivity index (χ0v) is 15.1. The molecule has 6 nitrogen and oxygen atoms in total. The second-order valence-electron chi connectivity index (χ2n) is 6.22. The standard InChI is InChI=1S/C18H21ClN4O2/c1-12-6-9-23(10-7-12)18-20-8-5-16(22-18)21-15-11-13(17(24)25-2)3-4-14(15)19/h3-5,8,11-12H,6-7,9-10H2,1-2H3,(H,20,21,22). The van der Waals surface area contributed by atoms with Gasteiger partial charge in [-0.3, -0.25) is 0 Å². The van der Waals surface area contributed by atoms with Gasteiger partial charge in [0, 0.05) is 19.3 Å². The Morgan fingerprint density at radius 1 is 1.32 bits per heavy atom. The van der Waals surface area contributed by atoms with E-state index in [4.69, 9.17) is 16.3 Å². The number of ether oxygens (including phenoxy) is 1. The van der Waals surface area contributed by atoms with Crippen molar-refractivity contribution in [1.29, 1.82) is 0 Å². The van der Waals surface area contributed by atoms with Crippen LogP contribution in [0.5, 0.6) is 0 Å². The Kier molecular flexibility index (Phi) is 5.38. The number of rotatable bonds is 4. The molecular weight excluding hydrogens is 340 g/mol. The summed E-state index contributed by atoms with van der Waals surface area (Å²) in [5, 5.41) is 3.66. The van der Waals surface area contributed by atoms with Gasteiger partial charge in [0.1, 0.15) is 5.82 Å². The van der Waals surface area contributed by atoms with Crippen LogP contribution < -0.4 is 10.2 Å². The van der Waals surface area contributed by atoms with Crippen molar-refractivity contribution in [3.8, 4) is 0 Å². The third-order valence-corrected chi connectivity index (χ3v) is 4.69. The summed E-state index contributed by atoms with van der Waals surface area (Å²) in [7, 11) is 1.35. The minimum atomic E-state index is -0.412. The van der Waals surface area contributed by atoms with E-state index in [1.807, 2.05) is 0 Å². The molecule has 1 aromatic heterocycles. The van der Waals surface area contributed by atoms with Crippen LogP contribution in [-0.4, -0.2) is 36.1 Å². The van der Waals surface area contributed by atoms with Gasteiger partial charge < -0.3 is 15.0 Å². The Hall–Kier alpha value is -2.34. The number of benzene rings is 1. The monoisotopic (exact) mass is 360 g/mol. The molecule has 2 aromatic rings. The smallest absolute Gasteiger partial charge is 0.337 e.